The van der Waals surface area contributed by atoms with Crippen LogP contribution in [0.1, 0.15) is 22.0 Å². The zero-order valence-corrected chi connectivity index (χ0v) is 15.1. The van der Waals surface area contributed by atoms with E-state index in [9.17, 15) is 0 Å². The van der Waals surface area contributed by atoms with Gasteiger partial charge in [0.2, 0.25) is 0 Å². The largest absolute Gasteiger partial charge is 0.493 e. The number of fused-ring (bicyclic) bond motifs is 1. The van der Waals surface area contributed by atoms with Gasteiger partial charge in [0.25, 0.3) is 0 Å². The molecule has 23 heavy (non-hydrogen) atoms. The van der Waals surface area contributed by atoms with Gasteiger partial charge in [0.1, 0.15) is 0 Å². The maximum Gasteiger partial charge on any atom is 0.169 e. The van der Waals surface area contributed by atoms with Gasteiger partial charge in [0.15, 0.2) is 16.6 Å². The Labute approximate surface area is 146 Å². The number of hydrogen-bond donors (Lipinski definition) is 1. The van der Waals surface area contributed by atoms with Gasteiger partial charge in [-0.1, -0.05) is 6.07 Å². The van der Waals surface area contributed by atoms with Crippen LogP contribution in [0.3, 0.4) is 0 Å². The topological polar surface area (TPSA) is 33.7 Å². The highest BCUT2D eigenvalue weighted by Crippen LogP contribution is 2.42. The monoisotopic (exact) mass is 348 g/mol. The highest BCUT2D eigenvalue weighted by molar-refractivity contribution is 7.80. The Hall–Kier alpha value is -1.79. The molecule has 3 rings (SSSR count). The van der Waals surface area contributed by atoms with Gasteiger partial charge >= 0.3 is 0 Å². The second kappa shape index (κ2) is 6.76. The van der Waals surface area contributed by atoms with Crippen LogP contribution in [0.15, 0.2) is 29.6 Å². The van der Waals surface area contributed by atoms with E-state index in [4.69, 9.17) is 21.7 Å². The smallest absolute Gasteiger partial charge is 0.169 e. The summed E-state index contributed by atoms with van der Waals surface area (Å²) in [5.41, 5.74) is 2.52. The van der Waals surface area contributed by atoms with E-state index in [1.54, 1.807) is 25.6 Å². The van der Waals surface area contributed by atoms with Crippen molar-refractivity contribution in [3.63, 3.8) is 0 Å². The average molecular weight is 348 g/mol. The molecular formula is C17H20N2O2S2. The molecule has 0 saturated heterocycles. The predicted octanol–water partition coefficient (Wildman–Crippen LogP) is 3.22. The van der Waals surface area contributed by atoms with E-state index in [-0.39, 0.29) is 6.04 Å². The third-order valence-electron chi connectivity index (χ3n) is 4.16. The summed E-state index contributed by atoms with van der Waals surface area (Å²) >= 11 is 7.28. The number of thiocarbonyl (C=S) groups is 1. The molecule has 1 aliphatic rings. The molecule has 2 heterocycles. The van der Waals surface area contributed by atoms with Crippen LogP contribution in [-0.4, -0.2) is 37.8 Å². The van der Waals surface area contributed by atoms with Crippen molar-refractivity contribution in [3.05, 3.63) is 45.6 Å². The van der Waals surface area contributed by atoms with E-state index >= 15 is 0 Å². The molecule has 0 unspecified atom stereocenters. The number of rotatable bonds is 3. The summed E-state index contributed by atoms with van der Waals surface area (Å²) in [5.74, 6) is 1.53. The lowest BCUT2D eigenvalue weighted by atomic mass is 9.91. The summed E-state index contributed by atoms with van der Waals surface area (Å²) in [4.78, 5) is 3.52. The quantitative estimate of drug-likeness (QED) is 0.862. The average Bonchev–Trinajstić information content (AvgIpc) is 3.12. The first-order valence-electron chi connectivity index (χ1n) is 7.46. The molecule has 6 heteroatoms. The van der Waals surface area contributed by atoms with Crippen molar-refractivity contribution >= 4 is 28.7 Å². The summed E-state index contributed by atoms with van der Waals surface area (Å²) in [6.07, 6.45) is 0.930. The van der Waals surface area contributed by atoms with Crippen molar-refractivity contribution < 1.29 is 9.47 Å². The lowest BCUT2D eigenvalue weighted by Crippen LogP contribution is -2.44. The molecule has 4 nitrogen and oxygen atoms in total. The number of benzene rings is 1. The molecule has 0 radical (unpaired) electrons. The van der Waals surface area contributed by atoms with Gasteiger partial charge < -0.3 is 19.7 Å². The molecule has 0 spiro atoms. The maximum atomic E-state index is 5.53. The van der Waals surface area contributed by atoms with Gasteiger partial charge in [-0.05, 0) is 53.3 Å². The first-order valence-corrected chi connectivity index (χ1v) is 8.75. The van der Waals surface area contributed by atoms with Gasteiger partial charge in [0.05, 0.1) is 20.3 Å². The Bertz CT molecular complexity index is 701. The Morgan fingerprint density at radius 1 is 1.30 bits per heavy atom. The van der Waals surface area contributed by atoms with Crippen molar-refractivity contribution in [2.45, 2.75) is 12.5 Å². The fraction of sp³-hybridized carbons (Fsp3) is 0.353. The van der Waals surface area contributed by atoms with Crippen LogP contribution in [0.5, 0.6) is 11.5 Å². The zero-order chi connectivity index (χ0) is 16.4. The minimum Gasteiger partial charge on any atom is -0.493 e. The van der Waals surface area contributed by atoms with Crippen molar-refractivity contribution in [2.75, 3.05) is 27.8 Å². The molecule has 1 aliphatic heterocycles. The summed E-state index contributed by atoms with van der Waals surface area (Å²) < 4.78 is 11.0. The van der Waals surface area contributed by atoms with Gasteiger partial charge in [-0.2, -0.15) is 0 Å². The predicted molar refractivity (Wildman–Crippen MR) is 97.8 cm³/mol. The van der Waals surface area contributed by atoms with Crippen molar-refractivity contribution in [3.8, 4) is 11.5 Å². The fourth-order valence-electron chi connectivity index (χ4n) is 3.06. The lowest BCUT2D eigenvalue weighted by Gasteiger charge is -2.38. The van der Waals surface area contributed by atoms with Crippen LogP contribution >= 0.6 is 23.6 Å². The first kappa shape index (κ1) is 16.1. The summed E-state index contributed by atoms with van der Waals surface area (Å²) in [6.45, 7) is 0.880. The molecule has 1 atom stereocenters. The van der Waals surface area contributed by atoms with E-state index in [2.05, 4.69) is 39.9 Å². The van der Waals surface area contributed by atoms with Gasteiger partial charge in [-0.25, -0.2) is 0 Å². The van der Waals surface area contributed by atoms with Gasteiger partial charge in [0, 0.05) is 18.5 Å². The number of nitrogens with one attached hydrogen (secondary N) is 1. The number of nitrogens with zero attached hydrogens (tertiary/aromatic N) is 1. The molecule has 2 aromatic rings. The molecule has 0 bridgehead atoms. The van der Waals surface area contributed by atoms with Crippen LogP contribution in [-0.2, 0) is 6.42 Å². The third kappa shape index (κ3) is 2.88. The SMILES string of the molecule is CNC(=S)N1CCc2cc(OC)c(OC)cc2[C@@H]1c1cccs1. The van der Waals surface area contributed by atoms with E-state index < -0.39 is 0 Å². The molecule has 0 saturated carbocycles. The highest BCUT2D eigenvalue weighted by Gasteiger charge is 2.32. The zero-order valence-electron chi connectivity index (χ0n) is 13.5. The molecular weight excluding hydrogens is 328 g/mol. The second-order valence-electron chi connectivity index (χ2n) is 5.32. The van der Waals surface area contributed by atoms with Crippen molar-refractivity contribution in [1.82, 2.24) is 10.2 Å². The number of hydrogen-bond acceptors (Lipinski definition) is 4. The van der Waals surface area contributed by atoms with Crippen LogP contribution in [0.4, 0.5) is 0 Å². The van der Waals surface area contributed by atoms with Gasteiger partial charge in [-0.15, -0.1) is 11.3 Å². The van der Waals surface area contributed by atoms with E-state index in [0.29, 0.717) is 0 Å². The van der Waals surface area contributed by atoms with Crippen LogP contribution in [0.25, 0.3) is 0 Å². The first-order chi connectivity index (χ1) is 11.2. The van der Waals surface area contributed by atoms with Crippen LogP contribution < -0.4 is 14.8 Å². The van der Waals surface area contributed by atoms with Crippen LogP contribution in [0.2, 0.25) is 0 Å². The fourth-order valence-corrected chi connectivity index (χ4v) is 4.11. The minimum atomic E-state index is 0.110. The summed E-state index contributed by atoms with van der Waals surface area (Å²) in [6, 6.07) is 8.53. The second-order valence-corrected chi connectivity index (χ2v) is 6.69. The standard InChI is InChI=1S/C17H20N2O2S2/c1-18-17(22)19-7-6-11-9-13(20-2)14(21-3)10-12(11)16(19)15-5-4-8-23-15/h4-5,8-10,16H,6-7H2,1-3H3,(H,18,22)/t16-/m1/s1. The molecule has 1 aromatic carbocycles. The number of methoxy groups -OCH3 is 2. The molecule has 0 aliphatic carbocycles. The van der Waals surface area contributed by atoms with Gasteiger partial charge in [-0.3, -0.25) is 0 Å². The Morgan fingerprint density at radius 3 is 2.65 bits per heavy atom. The normalized spacial score (nSPS) is 16.7. The van der Waals surface area contributed by atoms with Crippen LogP contribution in [0, 0.1) is 0 Å². The number of thiophene rings is 1. The molecule has 122 valence electrons. The highest BCUT2D eigenvalue weighted by atomic mass is 32.1. The lowest BCUT2D eigenvalue weighted by molar-refractivity contribution is 0.328. The molecule has 1 N–H and O–H groups in total. The minimum absolute atomic E-state index is 0.110. The molecule has 0 fully saturated rings. The van der Waals surface area contributed by atoms with E-state index in [0.717, 1.165) is 29.6 Å². The number of ether oxygens (including phenoxy) is 2. The molecule has 1 aromatic heterocycles. The molecule has 0 amide bonds. The Morgan fingerprint density at radius 2 is 2.04 bits per heavy atom. The summed E-state index contributed by atoms with van der Waals surface area (Å²) in [5, 5.41) is 5.98. The Kier molecular flexibility index (Phi) is 4.73. The maximum absolute atomic E-state index is 5.53. The van der Waals surface area contributed by atoms with E-state index in [1.165, 1.54) is 16.0 Å². The van der Waals surface area contributed by atoms with Crippen molar-refractivity contribution in [2.24, 2.45) is 0 Å². The summed E-state index contributed by atoms with van der Waals surface area (Å²) in [7, 11) is 5.22. The van der Waals surface area contributed by atoms with E-state index in [1.807, 2.05) is 7.05 Å². The third-order valence-corrected chi connectivity index (χ3v) is 5.52. The van der Waals surface area contributed by atoms with Crippen molar-refractivity contribution in [1.29, 1.82) is 0 Å². The Balaban J connectivity index is 2.14.